The van der Waals surface area contributed by atoms with Gasteiger partial charge in [-0.3, -0.25) is 4.79 Å². The molecule has 1 aliphatic rings. The summed E-state index contributed by atoms with van der Waals surface area (Å²) in [4.78, 5) is 14.6. The van der Waals surface area contributed by atoms with Gasteiger partial charge in [0.2, 0.25) is 0 Å². The highest BCUT2D eigenvalue weighted by atomic mass is 35.5. The zero-order valence-corrected chi connectivity index (χ0v) is 18.2. The first kappa shape index (κ1) is 21.7. The van der Waals surface area contributed by atoms with E-state index in [9.17, 15) is 13.2 Å². The summed E-state index contributed by atoms with van der Waals surface area (Å²) < 4.78 is 29.6. The second-order valence-corrected chi connectivity index (χ2v) is 10.3. The topological polar surface area (TPSA) is 63.7 Å². The molecule has 1 heterocycles. The van der Waals surface area contributed by atoms with Crippen molar-refractivity contribution in [3.63, 3.8) is 0 Å². The number of carbonyl (C=O) groups excluding carboxylic acids is 1. The Morgan fingerprint density at radius 3 is 2.45 bits per heavy atom. The fourth-order valence-electron chi connectivity index (χ4n) is 3.43. The number of halogens is 1. The van der Waals surface area contributed by atoms with E-state index >= 15 is 0 Å². The highest BCUT2D eigenvalue weighted by Gasteiger charge is 2.35. The Bertz CT molecular complexity index is 957. The van der Waals surface area contributed by atoms with Crippen molar-refractivity contribution in [3.8, 4) is 5.75 Å². The molecule has 1 saturated heterocycles. The minimum Gasteiger partial charge on any atom is -0.484 e. The quantitative estimate of drug-likeness (QED) is 0.657. The second-order valence-electron chi connectivity index (χ2n) is 7.68. The van der Waals surface area contributed by atoms with Crippen molar-refractivity contribution in [3.05, 3.63) is 64.7 Å². The molecule has 3 rings (SSSR count). The number of amides is 1. The van der Waals surface area contributed by atoms with Gasteiger partial charge in [0.05, 0.1) is 11.5 Å². The van der Waals surface area contributed by atoms with Crippen molar-refractivity contribution in [2.75, 3.05) is 18.1 Å². The number of sulfone groups is 1. The van der Waals surface area contributed by atoms with Crippen LogP contribution in [0.2, 0.25) is 5.02 Å². The molecule has 2 aromatic rings. The van der Waals surface area contributed by atoms with E-state index in [1.165, 1.54) is 5.56 Å². The van der Waals surface area contributed by atoms with Crippen LogP contribution in [-0.2, 0) is 21.2 Å². The predicted molar refractivity (Wildman–Crippen MR) is 115 cm³/mol. The Kier molecular flexibility index (Phi) is 6.85. The average molecular weight is 436 g/mol. The van der Waals surface area contributed by atoms with Gasteiger partial charge < -0.3 is 9.64 Å². The molecule has 1 amide bonds. The summed E-state index contributed by atoms with van der Waals surface area (Å²) in [5.41, 5.74) is 1.98. The lowest BCUT2D eigenvalue weighted by molar-refractivity contribution is -0.136. The van der Waals surface area contributed by atoms with Gasteiger partial charge in [-0.1, -0.05) is 55.8 Å². The maximum absolute atomic E-state index is 13.0. The lowest BCUT2D eigenvalue weighted by atomic mass is 10.0. The number of nitrogens with zero attached hydrogens (tertiary/aromatic N) is 1. The number of hydrogen-bond donors (Lipinski definition) is 0. The SMILES string of the molecule is CC(C)c1ccc(OCC(=O)N(Cc2ccccc2Cl)C2CCS(=O)(=O)C2)cc1. The van der Waals surface area contributed by atoms with E-state index in [0.29, 0.717) is 23.1 Å². The molecule has 0 saturated carbocycles. The van der Waals surface area contributed by atoms with Gasteiger partial charge in [-0.2, -0.15) is 0 Å². The average Bonchev–Trinajstić information content (AvgIpc) is 3.05. The van der Waals surface area contributed by atoms with Gasteiger partial charge in [-0.15, -0.1) is 0 Å². The number of ether oxygens (including phenoxy) is 1. The molecule has 0 N–H and O–H groups in total. The van der Waals surface area contributed by atoms with Crippen molar-refractivity contribution in [1.29, 1.82) is 0 Å². The van der Waals surface area contributed by atoms with Crippen LogP contribution in [0.4, 0.5) is 0 Å². The molecule has 156 valence electrons. The third-order valence-electron chi connectivity index (χ3n) is 5.18. The lowest BCUT2D eigenvalue weighted by Crippen LogP contribution is -2.43. The van der Waals surface area contributed by atoms with Crippen LogP contribution < -0.4 is 4.74 Å². The highest BCUT2D eigenvalue weighted by Crippen LogP contribution is 2.24. The van der Waals surface area contributed by atoms with E-state index in [4.69, 9.17) is 16.3 Å². The van der Waals surface area contributed by atoms with Crippen LogP contribution in [0.3, 0.4) is 0 Å². The number of hydrogen-bond acceptors (Lipinski definition) is 4. The summed E-state index contributed by atoms with van der Waals surface area (Å²) in [5, 5.41) is 0.552. The van der Waals surface area contributed by atoms with Gasteiger partial charge >= 0.3 is 0 Å². The first-order valence-corrected chi connectivity index (χ1v) is 11.9. The molecular formula is C22H26ClNO4S. The van der Waals surface area contributed by atoms with Gasteiger partial charge in [0.1, 0.15) is 5.75 Å². The predicted octanol–water partition coefficient (Wildman–Crippen LogP) is 4.06. The van der Waals surface area contributed by atoms with Crippen LogP contribution in [-0.4, -0.2) is 43.4 Å². The first-order valence-electron chi connectivity index (χ1n) is 9.71. The van der Waals surface area contributed by atoms with Crippen molar-refractivity contribution >= 4 is 27.3 Å². The smallest absolute Gasteiger partial charge is 0.261 e. The van der Waals surface area contributed by atoms with Gasteiger partial charge in [0, 0.05) is 17.6 Å². The minimum atomic E-state index is -3.12. The van der Waals surface area contributed by atoms with Crippen molar-refractivity contribution in [2.45, 2.75) is 38.8 Å². The van der Waals surface area contributed by atoms with E-state index in [1.54, 1.807) is 11.0 Å². The first-order chi connectivity index (χ1) is 13.7. The molecule has 0 aliphatic carbocycles. The third-order valence-corrected chi connectivity index (χ3v) is 7.30. The monoisotopic (exact) mass is 435 g/mol. The summed E-state index contributed by atoms with van der Waals surface area (Å²) in [7, 11) is -3.12. The maximum Gasteiger partial charge on any atom is 0.261 e. The van der Waals surface area contributed by atoms with E-state index in [0.717, 1.165) is 5.56 Å². The molecule has 7 heteroatoms. The molecule has 2 aromatic carbocycles. The molecule has 5 nitrogen and oxygen atoms in total. The molecule has 0 spiro atoms. The third kappa shape index (κ3) is 5.73. The lowest BCUT2D eigenvalue weighted by Gasteiger charge is -2.28. The van der Waals surface area contributed by atoms with Crippen LogP contribution in [0.1, 0.15) is 37.3 Å². The van der Waals surface area contributed by atoms with Crippen LogP contribution >= 0.6 is 11.6 Å². The fraction of sp³-hybridized carbons (Fsp3) is 0.409. The molecule has 1 fully saturated rings. The molecule has 1 unspecified atom stereocenters. The Morgan fingerprint density at radius 1 is 1.17 bits per heavy atom. The summed E-state index contributed by atoms with van der Waals surface area (Å²) in [5.74, 6) is 0.855. The molecule has 0 aromatic heterocycles. The summed E-state index contributed by atoms with van der Waals surface area (Å²) in [6.07, 6.45) is 0.432. The van der Waals surface area contributed by atoms with E-state index in [-0.39, 0.29) is 36.6 Å². The van der Waals surface area contributed by atoms with E-state index < -0.39 is 9.84 Å². The zero-order valence-electron chi connectivity index (χ0n) is 16.7. The number of benzene rings is 2. The summed E-state index contributed by atoms with van der Waals surface area (Å²) in [6, 6.07) is 14.6. The highest BCUT2D eigenvalue weighted by molar-refractivity contribution is 7.91. The normalized spacial score (nSPS) is 18.0. The largest absolute Gasteiger partial charge is 0.484 e. The van der Waals surface area contributed by atoms with Crippen LogP contribution in [0.5, 0.6) is 5.75 Å². The molecule has 1 aliphatic heterocycles. The van der Waals surface area contributed by atoms with Crippen LogP contribution in [0, 0.1) is 0 Å². The minimum absolute atomic E-state index is 0.0215. The van der Waals surface area contributed by atoms with Gasteiger partial charge in [0.15, 0.2) is 16.4 Å². The Balaban J connectivity index is 1.72. The van der Waals surface area contributed by atoms with Gasteiger partial charge in [-0.25, -0.2) is 8.42 Å². The van der Waals surface area contributed by atoms with Gasteiger partial charge in [0.25, 0.3) is 5.91 Å². The van der Waals surface area contributed by atoms with E-state index in [2.05, 4.69) is 13.8 Å². The van der Waals surface area contributed by atoms with Gasteiger partial charge in [-0.05, 0) is 41.7 Å². The van der Waals surface area contributed by atoms with E-state index in [1.807, 2.05) is 42.5 Å². The molecular weight excluding hydrogens is 410 g/mol. The summed E-state index contributed by atoms with van der Waals surface area (Å²) in [6.45, 7) is 4.33. The van der Waals surface area contributed by atoms with Crippen molar-refractivity contribution in [2.24, 2.45) is 0 Å². The Hall–Kier alpha value is -2.05. The fourth-order valence-corrected chi connectivity index (χ4v) is 5.36. The second kappa shape index (κ2) is 9.18. The van der Waals surface area contributed by atoms with Crippen LogP contribution in [0.25, 0.3) is 0 Å². The number of carbonyl (C=O) groups is 1. The Morgan fingerprint density at radius 2 is 1.86 bits per heavy atom. The molecule has 0 bridgehead atoms. The standard InChI is InChI=1S/C22H26ClNO4S/c1-16(2)17-7-9-20(10-8-17)28-14-22(25)24(19-11-12-29(26,27)15-19)13-18-5-3-4-6-21(18)23/h3-10,16,19H,11-15H2,1-2H3. The number of rotatable bonds is 7. The maximum atomic E-state index is 13.0. The zero-order chi connectivity index (χ0) is 21.0. The van der Waals surface area contributed by atoms with Crippen molar-refractivity contribution in [1.82, 2.24) is 4.90 Å². The molecule has 29 heavy (non-hydrogen) atoms. The molecule has 1 atom stereocenters. The van der Waals surface area contributed by atoms with Crippen LogP contribution in [0.15, 0.2) is 48.5 Å². The Labute approximate surface area is 177 Å². The van der Waals surface area contributed by atoms with Crippen molar-refractivity contribution < 1.29 is 17.9 Å². The summed E-state index contributed by atoms with van der Waals surface area (Å²) >= 11 is 6.26. The molecule has 0 radical (unpaired) electrons.